The van der Waals surface area contributed by atoms with Crippen LogP contribution in [0.1, 0.15) is 44.6 Å². The molecule has 138 valence electrons. The number of likely N-dealkylation sites (tertiary alicyclic amines) is 1. The van der Waals surface area contributed by atoms with Gasteiger partial charge < -0.3 is 10.2 Å². The number of hydrogen-bond acceptors (Lipinski definition) is 3. The molecule has 4 nitrogen and oxygen atoms in total. The molecule has 2 heterocycles. The Labute approximate surface area is 152 Å². The predicted octanol–water partition coefficient (Wildman–Crippen LogP) is 3.38. The highest BCUT2D eigenvalue weighted by atomic mass is 16.2. The summed E-state index contributed by atoms with van der Waals surface area (Å²) in [6, 6.07) is 8.25. The van der Waals surface area contributed by atoms with Crippen LogP contribution in [0.4, 0.5) is 5.69 Å². The summed E-state index contributed by atoms with van der Waals surface area (Å²) in [5.41, 5.74) is 2.27. The summed E-state index contributed by atoms with van der Waals surface area (Å²) < 4.78 is 0. The van der Waals surface area contributed by atoms with E-state index >= 15 is 0 Å². The molecule has 1 aromatic rings. The van der Waals surface area contributed by atoms with Gasteiger partial charge in [-0.1, -0.05) is 31.5 Å². The fraction of sp³-hybridized carbons (Fsp3) is 0.667. The number of carbonyl (C=O) groups is 1. The van der Waals surface area contributed by atoms with Crippen molar-refractivity contribution >= 4 is 11.6 Å². The predicted molar refractivity (Wildman–Crippen MR) is 104 cm³/mol. The number of fused-ring (bicyclic) bond motifs is 1. The number of rotatable bonds is 6. The van der Waals surface area contributed by atoms with Crippen LogP contribution in [0.3, 0.4) is 0 Å². The summed E-state index contributed by atoms with van der Waals surface area (Å²) in [6.45, 7) is 6.78. The van der Waals surface area contributed by atoms with E-state index in [2.05, 4.69) is 41.2 Å². The van der Waals surface area contributed by atoms with Crippen LogP contribution in [-0.4, -0.2) is 55.0 Å². The second-order valence-electron chi connectivity index (χ2n) is 7.80. The Morgan fingerprint density at radius 3 is 2.72 bits per heavy atom. The van der Waals surface area contributed by atoms with Crippen molar-refractivity contribution in [2.75, 3.05) is 38.5 Å². The summed E-state index contributed by atoms with van der Waals surface area (Å²) in [7, 11) is 2.25. The molecule has 3 rings (SSSR count). The fourth-order valence-corrected chi connectivity index (χ4v) is 4.26. The lowest BCUT2D eigenvalue weighted by Crippen LogP contribution is -2.48. The zero-order chi connectivity index (χ0) is 17.6. The lowest BCUT2D eigenvalue weighted by molar-refractivity contribution is -0.122. The van der Waals surface area contributed by atoms with E-state index in [1.807, 2.05) is 12.1 Å². The largest absolute Gasteiger partial charge is 0.324 e. The smallest absolute Gasteiger partial charge is 0.241 e. The van der Waals surface area contributed by atoms with Gasteiger partial charge in [0.25, 0.3) is 0 Å². The molecule has 1 aromatic carbocycles. The average Bonchev–Trinajstić information content (AvgIpc) is 2.79. The van der Waals surface area contributed by atoms with Gasteiger partial charge in [0.2, 0.25) is 5.91 Å². The first-order chi connectivity index (χ1) is 12.2. The number of aryl methyl sites for hydroxylation is 1. The zero-order valence-electron chi connectivity index (χ0n) is 15.8. The number of carbonyl (C=O) groups excluding carboxylic acids is 1. The normalized spacial score (nSPS) is 22.5. The number of nitrogens with zero attached hydrogens (tertiary/aromatic N) is 2. The minimum absolute atomic E-state index is 0.0335. The van der Waals surface area contributed by atoms with Crippen molar-refractivity contribution in [3.05, 3.63) is 29.8 Å². The van der Waals surface area contributed by atoms with Gasteiger partial charge in [-0.2, -0.15) is 0 Å². The van der Waals surface area contributed by atoms with E-state index in [0.717, 1.165) is 37.5 Å². The molecule has 2 aliphatic rings. The Morgan fingerprint density at radius 1 is 1.20 bits per heavy atom. The molecule has 1 amide bonds. The van der Waals surface area contributed by atoms with E-state index in [4.69, 9.17) is 0 Å². The van der Waals surface area contributed by atoms with Crippen molar-refractivity contribution in [1.29, 1.82) is 0 Å². The number of hydrogen-bond donors (Lipinski definition) is 1. The van der Waals surface area contributed by atoms with Crippen molar-refractivity contribution in [2.24, 2.45) is 5.92 Å². The lowest BCUT2D eigenvalue weighted by atomic mass is 9.94. The van der Waals surface area contributed by atoms with E-state index in [1.54, 1.807) is 0 Å². The SMILES string of the molecule is CCCCN(C)CC1CCN([C@H]2CCc3ccccc3NC2=O)CC1. The first-order valence-electron chi connectivity index (χ1n) is 9.98. The first-order valence-corrected chi connectivity index (χ1v) is 9.98. The summed E-state index contributed by atoms with van der Waals surface area (Å²) in [5, 5.41) is 3.15. The molecule has 4 heteroatoms. The van der Waals surface area contributed by atoms with Crippen LogP contribution in [-0.2, 0) is 11.2 Å². The van der Waals surface area contributed by atoms with Crippen LogP contribution in [0.5, 0.6) is 0 Å². The van der Waals surface area contributed by atoms with E-state index in [-0.39, 0.29) is 11.9 Å². The van der Waals surface area contributed by atoms with Gasteiger partial charge in [0.15, 0.2) is 0 Å². The highest BCUT2D eigenvalue weighted by Gasteiger charge is 2.31. The van der Waals surface area contributed by atoms with Gasteiger partial charge in [0, 0.05) is 12.2 Å². The molecule has 0 saturated carbocycles. The minimum Gasteiger partial charge on any atom is -0.324 e. The van der Waals surface area contributed by atoms with Gasteiger partial charge >= 0.3 is 0 Å². The fourth-order valence-electron chi connectivity index (χ4n) is 4.26. The second kappa shape index (κ2) is 8.81. The summed E-state index contributed by atoms with van der Waals surface area (Å²) in [5.74, 6) is 0.965. The number of para-hydroxylation sites is 1. The first kappa shape index (κ1) is 18.4. The number of benzene rings is 1. The quantitative estimate of drug-likeness (QED) is 0.860. The minimum atomic E-state index is 0.0335. The van der Waals surface area contributed by atoms with E-state index < -0.39 is 0 Å². The maximum atomic E-state index is 12.7. The Balaban J connectivity index is 1.50. The number of amides is 1. The van der Waals surface area contributed by atoms with Gasteiger partial charge in [-0.25, -0.2) is 0 Å². The standard InChI is InChI=1S/C21H33N3O/c1-3-4-13-23(2)16-17-11-14-24(15-12-17)20-10-9-18-7-5-6-8-19(18)22-21(20)25/h5-8,17,20H,3-4,9-16H2,1-2H3,(H,22,25)/t20-/m0/s1. The van der Waals surface area contributed by atoms with Gasteiger partial charge in [-0.15, -0.1) is 0 Å². The summed E-state index contributed by atoms with van der Waals surface area (Å²) in [6.07, 6.45) is 6.91. The molecule has 1 atom stereocenters. The number of unbranched alkanes of at least 4 members (excludes halogenated alkanes) is 1. The summed E-state index contributed by atoms with van der Waals surface area (Å²) >= 11 is 0. The molecule has 1 N–H and O–H groups in total. The van der Waals surface area contributed by atoms with Crippen molar-refractivity contribution in [3.63, 3.8) is 0 Å². The number of nitrogens with one attached hydrogen (secondary N) is 1. The van der Waals surface area contributed by atoms with Gasteiger partial charge in [-0.05, 0) is 76.3 Å². The topological polar surface area (TPSA) is 35.6 Å². The lowest BCUT2D eigenvalue weighted by Gasteiger charge is -2.37. The second-order valence-corrected chi connectivity index (χ2v) is 7.80. The molecule has 0 bridgehead atoms. The molecule has 1 saturated heterocycles. The third kappa shape index (κ3) is 4.83. The highest BCUT2D eigenvalue weighted by Crippen LogP contribution is 2.27. The maximum Gasteiger partial charge on any atom is 0.241 e. The molecule has 0 aromatic heterocycles. The van der Waals surface area contributed by atoms with Crippen LogP contribution in [0, 0.1) is 5.92 Å². The van der Waals surface area contributed by atoms with Crippen molar-refractivity contribution < 1.29 is 4.79 Å². The van der Waals surface area contributed by atoms with Gasteiger partial charge in [-0.3, -0.25) is 9.69 Å². The average molecular weight is 344 g/mol. The maximum absolute atomic E-state index is 12.7. The van der Waals surface area contributed by atoms with Crippen LogP contribution in [0.15, 0.2) is 24.3 Å². The highest BCUT2D eigenvalue weighted by molar-refractivity contribution is 5.96. The van der Waals surface area contributed by atoms with E-state index in [0.29, 0.717) is 0 Å². The third-order valence-electron chi connectivity index (χ3n) is 5.82. The molecule has 0 unspecified atom stereocenters. The van der Waals surface area contributed by atoms with Crippen LogP contribution < -0.4 is 5.32 Å². The van der Waals surface area contributed by atoms with Crippen molar-refractivity contribution in [2.45, 2.75) is 51.5 Å². The molecular formula is C21H33N3O. The Kier molecular flexibility index (Phi) is 6.49. The van der Waals surface area contributed by atoms with Crippen LogP contribution >= 0.6 is 0 Å². The van der Waals surface area contributed by atoms with Crippen molar-refractivity contribution in [3.8, 4) is 0 Å². The zero-order valence-corrected chi connectivity index (χ0v) is 15.8. The Bertz CT molecular complexity index is 566. The van der Waals surface area contributed by atoms with E-state index in [9.17, 15) is 4.79 Å². The summed E-state index contributed by atoms with van der Waals surface area (Å²) in [4.78, 5) is 17.6. The molecule has 2 aliphatic heterocycles. The van der Waals surface area contributed by atoms with E-state index in [1.165, 1.54) is 44.3 Å². The monoisotopic (exact) mass is 343 g/mol. The van der Waals surface area contributed by atoms with Crippen LogP contribution in [0.25, 0.3) is 0 Å². The molecule has 0 radical (unpaired) electrons. The Morgan fingerprint density at radius 2 is 1.96 bits per heavy atom. The number of anilines is 1. The number of piperidine rings is 1. The molecule has 25 heavy (non-hydrogen) atoms. The van der Waals surface area contributed by atoms with Gasteiger partial charge in [0.1, 0.15) is 0 Å². The van der Waals surface area contributed by atoms with Crippen molar-refractivity contribution in [1.82, 2.24) is 9.80 Å². The molecule has 0 spiro atoms. The van der Waals surface area contributed by atoms with Crippen LogP contribution in [0.2, 0.25) is 0 Å². The third-order valence-corrected chi connectivity index (χ3v) is 5.82. The Hall–Kier alpha value is -1.39. The van der Waals surface area contributed by atoms with Gasteiger partial charge in [0.05, 0.1) is 6.04 Å². The molecule has 0 aliphatic carbocycles. The molecular weight excluding hydrogens is 310 g/mol. The molecule has 1 fully saturated rings.